The van der Waals surface area contributed by atoms with Gasteiger partial charge in [-0.25, -0.2) is 5.43 Å². The van der Waals surface area contributed by atoms with E-state index in [1.165, 1.54) is 12.8 Å². The summed E-state index contributed by atoms with van der Waals surface area (Å²) in [7, 11) is 1.60. The molecule has 4 nitrogen and oxygen atoms in total. The summed E-state index contributed by atoms with van der Waals surface area (Å²) < 4.78 is 5.06. The quantitative estimate of drug-likeness (QED) is 0.846. The third kappa shape index (κ3) is 3.34. The lowest BCUT2D eigenvalue weighted by Crippen LogP contribution is -2.20. The molecule has 1 aromatic carbocycles. The second-order valence-electron chi connectivity index (χ2n) is 4.77. The van der Waals surface area contributed by atoms with Gasteiger partial charge in [0.1, 0.15) is 5.75 Å². The number of ether oxygens (including phenoxy) is 1. The highest BCUT2D eigenvalue weighted by Gasteiger charge is 2.21. The van der Waals surface area contributed by atoms with Gasteiger partial charge in [0.25, 0.3) is 5.91 Å². The molecule has 1 atom stereocenters. The molecule has 1 amide bonds. The maximum absolute atomic E-state index is 11.9. The van der Waals surface area contributed by atoms with Gasteiger partial charge in [-0.1, -0.05) is 6.92 Å². The van der Waals surface area contributed by atoms with Gasteiger partial charge in [-0.3, -0.25) is 4.79 Å². The van der Waals surface area contributed by atoms with E-state index >= 15 is 0 Å². The minimum absolute atomic E-state index is 0.170. The van der Waals surface area contributed by atoms with E-state index < -0.39 is 0 Å². The van der Waals surface area contributed by atoms with Crippen molar-refractivity contribution in [1.29, 1.82) is 0 Å². The molecule has 19 heavy (non-hydrogen) atoms. The molecule has 1 N–H and O–H groups in total. The topological polar surface area (TPSA) is 50.7 Å². The fraction of sp³-hybridized carbons (Fsp3) is 0.467. The van der Waals surface area contributed by atoms with Crippen LogP contribution in [0.2, 0.25) is 0 Å². The number of hydrogen-bond donors (Lipinski definition) is 1. The van der Waals surface area contributed by atoms with Crippen LogP contribution in [0.15, 0.2) is 29.4 Å². The van der Waals surface area contributed by atoms with Crippen molar-refractivity contribution in [2.24, 2.45) is 11.0 Å². The summed E-state index contributed by atoms with van der Waals surface area (Å²) in [6.07, 6.45) is 4.46. The zero-order valence-electron chi connectivity index (χ0n) is 11.5. The van der Waals surface area contributed by atoms with Gasteiger partial charge in [-0.05, 0) is 55.9 Å². The average Bonchev–Trinajstić information content (AvgIpc) is 2.92. The number of amides is 1. The fourth-order valence-electron chi connectivity index (χ4n) is 2.42. The summed E-state index contributed by atoms with van der Waals surface area (Å²) in [5, 5.41) is 4.28. The minimum Gasteiger partial charge on any atom is -0.497 e. The Morgan fingerprint density at radius 3 is 2.79 bits per heavy atom. The number of carbonyl (C=O) groups is 1. The molecule has 4 heteroatoms. The Labute approximate surface area is 113 Å². The highest BCUT2D eigenvalue weighted by atomic mass is 16.5. The third-order valence-corrected chi connectivity index (χ3v) is 3.60. The summed E-state index contributed by atoms with van der Waals surface area (Å²) in [6, 6.07) is 7.01. The highest BCUT2D eigenvalue weighted by Crippen LogP contribution is 2.24. The van der Waals surface area contributed by atoms with Crippen molar-refractivity contribution in [3.8, 4) is 5.75 Å². The van der Waals surface area contributed by atoms with Gasteiger partial charge >= 0.3 is 0 Å². The van der Waals surface area contributed by atoms with Gasteiger partial charge in [0.15, 0.2) is 0 Å². The van der Waals surface area contributed by atoms with Crippen molar-refractivity contribution in [1.82, 2.24) is 5.43 Å². The SMILES string of the molecule is CCC1CCCC1=NNC(=O)c1ccc(OC)cc1. The average molecular weight is 260 g/mol. The molecule has 1 aromatic rings. The van der Waals surface area contributed by atoms with Crippen LogP contribution in [0, 0.1) is 5.92 Å². The predicted molar refractivity (Wildman–Crippen MR) is 75.5 cm³/mol. The van der Waals surface area contributed by atoms with Crippen LogP contribution in [-0.4, -0.2) is 18.7 Å². The zero-order valence-corrected chi connectivity index (χ0v) is 11.5. The van der Waals surface area contributed by atoms with Gasteiger partial charge in [-0.15, -0.1) is 0 Å². The van der Waals surface area contributed by atoms with Crippen LogP contribution in [-0.2, 0) is 0 Å². The smallest absolute Gasteiger partial charge is 0.271 e. The number of rotatable bonds is 4. The molecule has 102 valence electrons. The third-order valence-electron chi connectivity index (χ3n) is 3.60. The molecule has 0 saturated heterocycles. The molecule has 1 fully saturated rings. The lowest BCUT2D eigenvalue weighted by Gasteiger charge is -2.08. The second-order valence-corrected chi connectivity index (χ2v) is 4.77. The van der Waals surface area contributed by atoms with Crippen molar-refractivity contribution in [2.75, 3.05) is 7.11 Å². The van der Waals surface area contributed by atoms with Crippen molar-refractivity contribution < 1.29 is 9.53 Å². The summed E-state index contributed by atoms with van der Waals surface area (Å²) in [4.78, 5) is 11.9. The summed E-state index contributed by atoms with van der Waals surface area (Å²) in [6.45, 7) is 2.16. The van der Waals surface area contributed by atoms with Gasteiger partial charge in [-0.2, -0.15) is 5.10 Å². The van der Waals surface area contributed by atoms with E-state index in [-0.39, 0.29) is 5.91 Å². The molecule has 0 aromatic heterocycles. The van der Waals surface area contributed by atoms with Crippen LogP contribution in [0.4, 0.5) is 0 Å². The van der Waals surface area contributed by atoms with Gasteiger partial charge in [0, 0.05) is 11.3 Å². The summed E-state index contributed by atoms with van der Waals surface area (Å²) in [5.41, 5.74) is 4.37. The monoisotopic (exact) mass is 260 g/mol. The van der Waals surface area contributed by atoms with Crippen molar-refractivity contribution in [2.45, 2.75) is 32.6 Å². The number of hydrazone groups is 1. The minimum atomic E-state index is -0.170. The highest BCUT2D eigenvalue weighted by molar-refractivity contribution is 5.96. The van der Waals surface area contributed by atoms with Crippen molar-refractivity contribution in [3.63, 3.8) is 0 Å². The molecule has 2 rings (SSSR count). The van der Waals surface area contributed by atoms with E-state index in [1.807, 2.05) is 0 Å². The van der Waals surface area contributed by atoms with Crippen LogP contribution >= 0.6 is 0 Å². The zero-order chi connectivity index (χ0) is 13.7. The Hall–Kier alpha value is -1.84. The number of methoxy groups -OCH3 is 1. The van der Waals surface area contributed by atoms with Crippen LogP contribution in [0.25, 0.3) is 0 Å². The molecule has 0 bridgehead atoms. The Morgan fingerprint density at radius 1 is 1.42 bits per heavy atom. The Kier molecular flexibility index (Phi) is 4.55. The molecule has 0 aliphatic heterocycles. The van der Waals surface area contributed by atoms with Crippen molar-refractivity contribution in [3.05, 3.63) is 29.8 Å². The van der Waals surface area contributed by atoms with E-state index in [0.29, 0.717) is 11.5 Å². The molecule has 0 radical (unpaired) electrons. The second kappa shape index (κ2) is 6.36. The van der Waals surface area contributed by atoms with E-state index in [9.17, 15) is 4.79 Å². The first kappa shape index (κ1) is 13.6. The molecule has 0 spiro atoms. The predicted octanol–water partition coefficient (Wildman–Crippen LogP) is 2.99. The molecular weight excluding hydrogens is 240 g/mol. The number of nitrogens with one attached hydrogen (secondary N) is 1. The first-order valence-corrected chi connectivity index (χ1v) is 6.75. The van der Waals surface area contributed by atoms with Gasteiger partial charge < -0.3 is 4.74 Å². The van der Waals surface area contributed by atoms with Crippen LogP contribution in [0.1, 0.15) is 43.0 Å². The van der Waals surface area contributed by atoms with Crippen LogP contribution < -0.4 is 10.2 Å². The maximum atomic E-state index is 11.9. The molecule has 0 heterocycles. The van der Waals surface area contributed by atoms with E-state index in [1.54, 1.807) is 31.4 Å². The normalized spacial score (nSPS) is 20.5. The Balaban J connectivity index is 1.98. The summed E-state index contributed by atoms with van der Waals surface area (Å²) in [5.74, 6) is 1.11. The van der Waals surface area contributed by atoms with E-state index in [4.69, 9.17) is 4.74 Å². The molecular formula is C15H20N2O2. The number of hydrogen-bond acceptors (Lipinski definition) is 3. The molecule has 1 aliphatic carbocycles. The number of benzene rings is 1. The van der Waals surface area contributed by atoms with Crippen molar-refractivity contribution >= 4 is 11.6 Å². The fourth-order valence-corrected chi connectivity index (χ4v) is 2.42. The van der Waals surface area contributed by atoms with Crippen LogP contribution in [0.3, 0.4) is 0 Å². The number of nitrogens with zero attached hydrogens (tertiary/aromatic N) is 1. The van der Waals surface area contributed by atoms with E-state index in [0.717, 1.165) is 24.3 Å². The Morgan fingerprint density at radius 2 is 2.16 bits per heavy atom. The van der Waals surface area contributed by atoms with Gasteiger partial charge in [0.05, 0.1) is 7.11 Å². The summed E-state index contributed by atoms with van der Waals surface area (Å²) >= 11 is 0. The molecule has 1 saturated carbocycles. The van der Waals surface area contributed by atoms with E-state index in [2.05, 4.69) is 17.5 Å². The molecule has 1 unspecified atom stereocenters. The standard InChI is InChI=1S/C15H20N2O2/c1-3-11-5-4-6-14(11)16-17-15(18)12-7-9-13(19-2)10-8-12/h7-11H,3-6H2,1-2H3,(H,17,18). The Bertz CT molecular complexity index is 466. The lowest BCUT2D eigenvalue weighted by molar-refractivity contribution is 0.0954. The van der Waals surface area contributed by atoms with Gasteiger partial charge in [0.2, 0.25) is 0 Å². The first-order valence-electron chi connectivity index (χ1n) is 6.75. The largest absolute Gasteiger partial charge is 0.497 e. The number of carbonyl (C=O) groups excluding carboxylic acids is 1. The first-order chi connectivity index (χ1) is 9.24. The maximum Gasteiger partial charge on any atom is 0.271 e. The van der Waals surface area contributed by atoms with Crippen LogP contribution in [0.5, 0.6) is 5.75 Å². The molecule has 1 aliphatic rings. The lowest BCUT2D eigenvalue weighted by atomic mass is 10.0.